The number of methoxy groups -OCH3 is 1. The highest BCUT2D eigenvalue weighted by molar-refractivity contribution is 7.90. The van der Waals surface area contributed by atoms with Crippen molar-refractivity contribution in [3.8, 4) is 5.75 Å². The number of sulfonamides is 1. The van der Waals surface area contributed by atoms with Crippen LogP contribution in [0.2, 0.25) is 0 Å². The molecule has 0 bridgehead atoms. The van der Waals surface area contributed by atoms with E-state index in [-0.39, 0.29) is 54.2 Å². The molecule has 0 unspecified atom stereocenters. The predicted octanol–water partition coefficient (Wildman–Crippen LogP) is 4.17. The minimum Gasteiger partial charge on any atom is -0.497 e. The number of carbonyl (C=O) groups excluding carboxylic acids is 3. The number of hydrogen-bond acceptors (Lipinski definition) is 6. The molecule has 2 atom stereocenters. The van der Waals surface area contributed by atoms with Gasteiger partial charge in [-0.1, -0.05) is 61.5 Å². The highest BCUT2D eigenvalue weighted by atomic mass is 32.2. The van der Waals surface area contributed by atoms with Gasteiger partial charge < -0.3 is 15.0 Å². The fraction of sp³-hybridized carbons (Fsp3) is 0.344. The van der Waals surface area contributed by atoms with E-state index in [9.17, 15) is 22.8 Å². The van der Waals surface area contributed by atoms with Crippen molar-refractivity contribution in [2.24, 2.45) is 0 Å². The van der Waals surface area contributed by atoms with Crippen molar-refractivity contribution in [2.75, 3.05) is 13.7 Å². The summed E-state index contributed by atoms with van der Waals surface area (Å²) < 4.78 is 32.2. The maximum absolute atomic E-state index is 13.9. The molecule has 1 heterocycles. The summed E-state index contributed by atoms with van der Waals surface area (Å²) in [4.78, 5) is 41.9. The molecule has 0 saturated heterocycles. The van der Waals surface area contributed by atoms with E-state index in [0.29, 0.717) is 12.2 Å². The van der Waals surface area contributed by atoms with Gasteiger partial charge in [0.1, 0.15) is 16.7 Å². The van der Waals surface area contributed by atoms with Crippen LogP contribution in [0.1, 0.15) is 54.6 Å². The van der Waals surface area contributed by atoms with Crippen LogP contribution in [0.4, 0.5) is 0 Å². The average Bonchev–Trinajstić information content (AvgIpc) is 3.19. The van der Waals surface area contributed by atoms with Gasteiger partial charge in [-0.2, -0.15) is 0 Å². The normalized spacial score (nSPS) is 15.0. The first-order valence-electron chi connectivity index (χ1n) is 14.1. The third-order valence-electron chi connectivity index (χ3n) is 7.42. The summed E-state index contributed by atoms with van der Waals surface area (Å²) in [6, 6.07) is 22.0. The van der Waals surface area contributed by atoms with Crippen LogP contribution < -0.4 is 10.1 Å². The zero-order valence-electron chi connectivity index (χ0n) is 24.2. The Kier molecular flexibility index (Phi) is 10.0. The predicted molar refractivity (Wildman–Crippen MR) is 159 cm³/mol. The fourth-order valence-corrected chi connectivity index (χ4v) is 6.54. The lowest BCUT2D eigenvalue weighted by Gasteiger charge is -2.32. The van der Waals surface area contributed by atoms with Crippen molar-refractivity contribution in [3.63, 3.8) is 0 Å². The molecule has 1 aliphatic rings. The topological polar surface area (TPSA) is 113 Å². The van der Waals surface area contributed by atoms with Crippen LogP contribution in [0, 0.1) is 0 Å². The second-order valence-electron chi connectivity index (χ2n) is 10.4. The van der Waals surface area contributed by atoms with Crippen molar-refractivity contribution in [2.45, 2.75) is 63.1 Å². The van der Waals surface area contributed by atoms with Gasteiger partial charge in [0.2, 0.25) is 11.8 Å². The third kappa shape index (κ3) is 6.99. The number of hydrogen-bond donors (Lipinski definition) is 1. The highest BCUT2D eigenvalue weighted by Gasteiger charge is 2.40. The van der Waals surface area contributed by atoms with Crippen molar-refractivity contribution < 1.29 is 27.5 Å². The molecule has 0 fully saturated rings. The molecule has 0 aromatic heterocycles. The Bertz CT molecular complexity index is 1530. The van der Waals surface area contributed by atoms with Crippen LogP contribution in [0.5, 0.6) is 5.75 Å². The first-order chi connectivity index (χ1) is 20.1. The Hall–Kier alpha value is -4.18. The monoisotopic (exact) mass is 591 g/mol. The fourth-order valence-electron chi connectivity index (χ4n) is 4.93. The van der Waals surface area contributed by atoms with Crippen LogP contribution in [-0.4, -0.2) is 61.1 Å². The number of nitrogens with zero attached hydrogens (tertiary/aromatic N) is 2. The number of nitrogens with one attached hydrogen (secondary N) is 1. The summed E-state index contributed by atoms with van der Waals surface area (Å²) >= 11 is 0. The van der Waals surface area contributed by atoms with E-state index in [4.69, 9.17) is 4.74 Å². The molecule has 0 saturated carbocycles. The lowest BCUT2D eigenvalue weighted by molar-refractivity contribution is -0.141. The number of amides is 3. The Labute approximate surface area is 247 Å². The molecule has 42 heavy (non-hydrogen) atoms. The molecule has 1 N–H and O–H groups in total. The molecule has 9 nitrogen and oxygen atoms in total. The Morgan fingerprint density at radius 1 is 0.976 bits per heavy atom. The van der Waals surface area contributed by atoms with Gasteiger partial charge in [-0.05, 0) is 55.2 Å². The SMILES string of the molecule is CC[C@@H](C)NC(=O)[C@H](Cc1ccccc1)N(Cc1cccc(OC)c1)C(=O)CCCN1C(=O)c2ccccc2S1(=O)=O. The zero-order chi connectivity index (χ0) is 30.3. The van der Waals surface area contributed by atoms with E-state index in [1.54, 1.807) is 30.2 Å². The van der Waals surface area contributed by atoms with Crippen LogP contribution in [0.15, 0.2) is 83.8 Å². The van der Waals surface area contributed by atoms with Gasteiger partial charge in [0, 0.05) is 32.0 Å². The molecule has 4 rings (SSSR count). The molecular formula is C32H37N3O6S. The van der Waals surface area contributed by atoms with Gasteiger partial charge in [0.25, 0.3) is 15.9 Å². The van der Waals surface area contributed by atoms with Gasteiger partial charge in [-0.25, -0.2) is 12.7 Å². The maximum atomic E-state index is 13.9. The van der Waals surface area contributed by atoms with Crippen molar-refractivity contribution >= 4 is 27.7 Å². The molecule has 0 radical (unpaired) electrons. The van der Waals surface area contributed by atoms with Gasteiger partial charge >= 0.3 is 0 Å². The lowest BCUT2D eigenvalue weighted by atomic mass is 10.0. The van der Waals surface area contributed by atoms with Crippen LogP contribution >= 0.6 is 0 Å². The molecule has 222 valence electrons. The molecule has 0 aliphatic carbocycles. The first kappa shape index (κ1) is 30.8. The average molecular weight is 592 g/mol. The minimum atomic E-state index is -3.98. The quantitative estimate of drug-likeness (QED) is 0.319. The molecule has 0 spiro atoms. The second kappa shape index (κ2) is 13.7. The van der Waals surface area contributed by atoms with Crippen molar-refractivity contribution in [1.29, 1.82) is 0 Å². The molecule has 1 aliphatic heterocycles. The standard InChI is InChI=1S/C32H37N3O6S/c1-4-23(2)33-31(37)28(21-24-12-6-5-7-13-24)34(22-25-14-10-15-26(20-25)41-3)30(36)18-11-19-35-32(38)27-16-8-9-17-29(27)42(35,39)40/h5-10,12-17,20,23,28H,4,11,18-19,21-22H2,1-3H3,(H,33,37)/t23-,28+/m1/s1. The largest absolute Gasteiger partial charge is 0.497 e. The van der Waals surface area contributed by atoms with E-state index < -0.39 is 22.0 Å². The number of ether oxygens (including phenoxy) is 1. The third-order valence-corrected chi connectivity index (χ3v) is 9.26. The van der Waals surface area contributed by atoms with Crippen LogP contribution in [-0.2, 0) is 32.6 Å². The van der Waals surface area contributed by atoms with Gasteiger partial charge in [0.15, 0.2) is 0 Å². The van der Waals surface area contributed by atoms with Crippen molar-refractivity contribution in [1.82, 2.24) is 14.5 Å². The number of benzene rings is 3. The summed E-state index contributed by atoms with van der Waals surface area (Å²) in [6.07, 6.45) is 1.08. The van der Waals surface area contributed by atoms with E-state index in [1.165, 1.54) is 12.1 Å². The Balaban J connectivity index is 1.59. The number of rotatable bonds is 13. The first-order valence-corrected chi connectivity index (χ1v) is 15.5. The van der Waals surface area contributed by atoms with Crippen molar-refractivity contribution in [3.05, 3.63) is 95.6 Å². The minimum absolute atomic E-state index is 0.0226. The molecule has 3 aromatic rings. The number of carbonyl (C=O) groups is 3. The summed E-state index contributed by atoms with van der Waals surface area (Å²) in [5, 5.41) is 3.03. The molecule has 10 heteroatoms. The van der Waals surface area contributed by atoms with E-state index in [0.717, 1.165) is 21.9 Å². The zero-order valence-corrected chi connectivity index (χ0v) is 25.0. The van der Waals surface area contributed by atoms with Crippen LogP contribution in [0.3, 0.4) is 0 Å². The van der Waals surface area contributed by atoms with E-state index in [1.807, 2.05) is 62.4 Å². The Morgan fingerprint density at radius 3 is 2.36 bits per heavy atom. The summed E-state index contributed by atoms with van der Waals surface area (Å²) in [5.74, 6) is -0.557. The summed E-state index contributed by atoms with van der Waals surface area (Å²) in [6.45, 7) is 3.89. The smallest absolute Gasteiger partial charge is 0.269 e. The van der Waals surface area contributed by atoms with E-state index in [2.05, 4.69) is 5.32 Å². The number of fused-ring (bicyclic) bond motifs is 1. The maximum Gasteiger partial charge on any atom is 0.269 e. The molecule has 3 amide bonds. The Morgan fingerprint density at radius 2 is 1.67 bits per heavy atom. The van der Waals surface area contributed by atoms with Gasteiger partial charge in [-0.3, -0.25) is 14.4 Å². The summed E-state index contributed by atoms with van der Waals surface area (Å²) in [5.41, 5.74) is 1.81. The highest BCUT2D eigenvalue weighted by Crippen LogP contribution is 2.30. The van der Waals surface area contributed by atoms with E-state index >= 15 is 0 Å². The lowest BCUT2D eigenvalue weighted by Crippen LogP contribution is -2.52. The second-order valence-corrected chi connectivity index (χ2v) is 12.2. The van der Waals surface area contributed by atoms with Crippen LogP contribution in [0.25, 0.3) is 0 Å². The molecule has 3 aromatic carbocycles. The van der Waals surface area contributed by atoms with Gasteiger partial charge in [0.05, 0.1) is 12.7 Å². The molecular weight excluding hydrogens is 554 g/mol. The van der Waals surface area contributed by atoms with Gasteiger partial charge in [-0.15, -0.1) is 0 Å². The summed E-state index contributed by atoms with van der Waals surface area (Å²) in [7, 11) is -2.41.